The number of hydrogen-bond acceptors (Lipinski definition) is 5. The first kappa shape index (κ1) is 14.1. The molecule has 3 rings (SSSR count). The zero-order chi connectivity index (χ0) is 15.5. The van der Waals surface area contributed by atoms with Gasteiger partial charge in [0, 0.05) is 31.7 Å². The number of hydrogen-bond donors (Lipinski definition) is 1. The van der Waals surface area contributed by atoms with Crippen LogP contribution in [0.4, 0.5) is 5.82 Å². The molecule has 7 heteroatoms. The van der Waals surface area contributed by atoms with Gasteiger partial charge in [0.15, 0.2) is 0 Å². The van der Waals surface area contributed by atoms with Gasteiger partial charge in [-0.3, -0.25) is 14.6 Å². The Morgan fingerprint density at radius 1 is 1.23 bits per heavy atom. The Hall–Kier alpha value is -2.83. The van der Waals surface area contributed by atoms with Crippen molar-refractivity contribution < 1.29 is 9.59 Å². The molecule has 0 saturated carbocycles. The van der Waals surface area contributed by atoms with E-state index >= 15 is 0 Å². The van der Waals surface area contributed by atoms with Crippen LogP contribution in [0.5, 0.6) is 0 Å². The molecule has 0 aromatic carbocycles. The van der Waals surface area contributed by atoms with E-state index in [1.54, 1.807) is 11.1 Å². The molecule has 1 saturated heterocycles. The SMILES string of the molecule is Cc1cccnc1NC(=O)C1CN(C(=O)c2cnccn2)C1. The lowest BCUT2D eigenvalue weighted by molar-refractivity contribution is -0.123. The number of carbonyl (C=O) groups excluding carboxylic acids is 2. The first-order chi connectivity index (χ1) is 10.6. The second-order valence-electron chi connectivity index (χ2n) is 5.16. The molecule has 7 nitrogen and oxygen atoms in total. The molecule has 0 unspecified atom stereocenters. The molecule has 0 radical (unpaired) electrons. The Bertz CT molecular complexity index is 698. The smallest absolute Gasteiger partial charge is 0.274 e. The van der Waals surface area contributed by atoms with E-state index < -0.39 is 0 Å². The van der Waals surface area contributed by atoms with Gasteiger partial charge in [-0.05, 0) is 18.6 Å². The van der Waals surface area contributed by atoms with Gasteiger partial charge in [0.2, 0.25) is 5.91 Å². The first-order valence-electron chi connectivity index (χ1n) is 6.93. The van der Waals surface area contributed by atoms with E-state index in [4.69, 9.17) is 0 Å². The second-order valence-corrected chi connectivity index (χ2v) is 5.16. The summed E-state index contributed by atoms with van der Waals surface area (Å²) >= 11 is 0. The highest BCUT2D eigenvalue weighted by Gasteiger charge is 2.36. The largest absolute Gasteiger partial charge is 0.336 e. The van der Waals surface area contributed by atoms with Crippen molar-refractivity contribution in [1.82, 2.24) is 19.9 Å². The summed E-state index contributed by atoms with van der Waals surface area (Å²) in [5.41, 5.74) is 1.20. The monoisotopic (exact) mass is 297 g/mol. The molecule has 1 fully saturated rings. The molecule has 112 valence electrons. The Labute approximate surface area is 127 Å². The highest BCUT2D eigenvalue weighted by atomic mass is 16.2. The standard InChI is InChI=1S/C15H15N5O2/c1-10-3-2-4-18-13(10)19-14(21)11-8-20(9-11)15(22)12-7-16-5-6-17-12/h2-7,11H,8-9H2,1H3,(H,18,19,21). The van der Waals surface area contributed by atoms with Gasteiger partial charge in [-0.2, -0.15) is 0 Å². The minimum atomic E-state index is -0.220. The molecule has 0 aliphatic carbocycles. The van der Waals surface area contributed by atoms with Gasteiger partial charge in [0.25, 0.3) is 5.91 Å². The highest BCUT2D eigenvalue weighted by molar-refractivity contribution is 5.97. The summed E-state index contributed by atoms with van der Waals surface area (Å²) in [6.07, 6.45) is 6.04. The van der Waals surface area contributed by atoms with Gasteiger partial charge in [-0.15, -0.1) is 0 Å². The zero-order valence-corrected chi connectivity index (χ0v) is 12.1. The van der Waals surface area contributed by atoms with Crippen molar-refractivity contribution in [2.75, 3.05) is 18.4 Å². The number of nitrogens with zero attached hydrogens (tertiary/aromatic N) is 4. The maximum atomic E-state index is 12.1. The highest BCUT2D eigenvalue weighted by Crippen LogP contribution is 2.20. The minimum absolute atomic E-state index is 0.120. The van der Waals surface area contributed by atoms with Crippen molar-refractivity contribution in [3.63, 3.8) is 0 Å². The summed E-state index contributed by atoms with van der Waals surface area (Å²) in [6, 6.07) is 3.70. The van der Waals surface area contributed by atoms with E-state index in [-0.39, 0.29) is 17.7 Å². The number of likely N-dealkylation sites (tertiary alicyclic amines) is 1. The predicted octanol–water partition coefficient (Wildman–Crippen LogP) is 0.891. The number of aromatic nitrogens is 3. The molecule has 2 aromatic rings. The van der Waals surface area contributed by atoms with Crippen LogP contribution in [0.15, 0.2) is 36.9 Å². The summed E-state index contributed by atoms with van der Waals surface area (Å²) in [7, 11) is 0. The van der Waals surface area contributed by atoms with Crippen LogP contribution in [-0.4, -0.2) is 44.8 Å². The van der Waals surface area contributed by atoms with Gasteiger partial charge in [-0.1, -0.05) is 6.07 Å². The average Bonchev–Trinajstić information content (AvgIpc) is 2.49. The molecule has 0 atom stereocenters. The quantitative estimate of drug-likeness (QED) is 0.909. The molecule has 0 spiro atoms. The van der Waals surface area contributed by atoms with Crippen LogP contribution in [0.1, 0.15) is 16.1 Å². The molecule has 3 heterocycles. The van der Waals surface area contributed by atoms with Gasteiger partial charge in [0.05, 0.1) is 12.1 Å². The number of anilines is 1. The Balaban J connectivity index is 1.56. The van der Waals surface area contributed by atoms with Crippen molar-refractivity contribution in [2.24, 2.45) is 5.92 Å². The maximum absolute atomic E-state index is 12.1. The fourth-order valence-electron chi connectivity index (χ4n) is 2.22. The van der Waals surface area contributed by atoms with E-state index in [1.165, 1.54) is 18.6 Å². The van der Waals surface area contributed by atoms with Crippen molar-refractivity contribution in [1.29, 1.82) is 0 Å². The second kappa shape index (κ2) is 5.88. The van der Waals surface area contributed by atoms with Gasteiger partial charge in [0.1, 0.15) is 11.5 Å². The van der Waals surface area contributed by atoms with Crippen molar-refractivity contribution in [3.8, 4) is 0 Å². The number of carbonyl (C=O) groups is 2. The summed E-state index contributed by atoms with van der Waals surface area (Å²) in [4.78, 5) is 37.8. The van der Waals surface area contributed by atoms with Crippen molar-refractivity contribution >= 4 is 17.6 Å². The number of rotatable bonds is 3. The third-order valence-electron chi connectivity index (χ3n) is 3.57. The average molecular weight is 297 g/mol. The maximum Gasteiger partial charge on any atom is 0.274 e. The van der Waals surface area contributed by atoms with Crippen LogP contribution in [0.3, 0.4) is 0 Å². The predicted molar refractivity (Wildman–Crippen MR) is 79.0 cm³/mol. The lowest BCUT2D eigenvalue weighted by Gasteiger charge is -2.37. The van der Waals surface area contributed by atoms with Crippen LogP contribution in [-0.2, 0) is 4.79 Å². The van der Waals surface area contributed by atoms with Crippen molar-refractivity contribution in [3.05, 3.63) is 48.2 Å². The fourth-order valence-corrected chi connectivity index (χ4v) is 2.22. The summed E-state index contributed by atoms with van der Waals surface area (Å²) in [5.74, 6) is 0.0180. The van der Waals surface area contributed by atoms with Crippen LogP contribution in [0.2, 0.25) is 0 Å². The molecule has 1 N–H and O–H groups in total. The summed E-state index contributed by atoms with van der Waals surface area (Å²) < 4.78 is 0. The Kier molecular flexibility index (Phi) is 3.78. The third-order valence-corrected chi connectivity index (χ3v) is 3.57. The Morgan fingerprint density at radius 2 is 2.05 bits per heavy atom. The summed E-state index contributed by atoms with van der Waals surface area (Å²) in [6.45, 7) is 2.65. The van der Waals surface area contributed by atoms with Crippen LogP contribution in [0, 0.1) is 12.8 Å². The molecule has 1 aliphatic rings. The number of nitrogens with one attached hydrogen (secondary N) is 1. The third kappa shape index (κ3) is 2.78. The van der Waals surface area contributed by atoms with E-state index in [9.17, 15) is 9.59 Å². The van der Waals surface area contributed by atoms with Crippen LogP contribution >= 0.6 is 0 Å². The molecule has 1 aliphatic heterocycles. The molecule has 2 aromatic heterocycles. The zero-order valence-electron chi connectivity index (χ0n) is 12.1. The lowest BCUT2D eigenvalue weighted by atomic mass is 9.98. The number of pyridine rings is 1. The van der Waals surface area contributed by atoms with Gasteiger partial charge < -0.3 is 10.2 Å². The molecule has 22 heavy (non-hydrogen) atoms. The van der Waals surface area contributed by atoms with Crippen molar-refractivity contribution in [2.45, 2.75) is 6.92 Å². The first-order valence-corrected chi connectivity index (χ1v) is 6.93. The molecular formula is C15H15N5O2. The number of amides is 2. The van der Waals surface area contributed by atoms with Gasteiger partial charge in [-0.25, -0.2) is 9.97 Å². The molecule has 2 amide bonds. The molecular weight excluding hydrogens is 282 g/mol. The summed E-state index contributed by atoms with van der Waals surface area (Å²) in [5, 5.41) is 2.80. The van der Waals surface area contributed by atoms with Crippen LogP contribution < -0.4 is 5.32 Å². The van der Waals surface area contributed by atoms with Crippen LogP contribution in [0.25, 0.3) is 0 Å². The van der Waals surface area contributed by atoms with Gasteiger partial charge >= 0.3 is 0 Å². The fraction of sp³-hybridized carbons (Fsp3) is 0.267. The number of aryl methyl sites for hydroxylation is 1. The van der Waals surface area contributed by atoms with E-state index in [0.717, 1.165) is 5.56 Å². The Morgan fingerprint density at radius 3 is 2.73 bits per heavy atom. The minimum Gasteiger partial charge on any atom is -0.336 e. The van der Waals surface area contributed by atoms with E-state index in [0.29, 0.717) is 24.6 Å². The lowest BCUT2D eigenvalue weighted by Crippen LogP contribution is -2.54. The van der Waals surface area contributed by atoms with E-state index in [2.05, 4.69) is 20.3 Å². The van der Waals surface area contributed by atoms with E-state index in [1.807, 2.05) is 19.1 Å². The normalized spacial score (nSPS) is 14.3. The molecule has 0 bridgehead atoms. The topological polar surface area (TPSA) is 88.1 Å².